The number of aliphatic hydroxyl groups excluding tert-OH is 1. The zero-order valence-electron chi connectivity index (χ0n) is 6.41. The largest absolute Gasteiger partial charge is 0.366 e. The van der Waals surface area contributed by atoms with Crippen LogP contribution in [0.4, 0.5) is 0 Å². The summed E-state index contributed by atoms with van der Waals surface area (Å²) in [5, 5.41) is 9.88. The Hall–Kier alpha value is 0.520. The molecule has 0 aliphatic carbocycles. The molecule has 1 N–H and O–H groups in total. The molecule has 0 aromatic heterocycles. The number of thioether (sulfide) groups is 1. The third-order valence-corrected chi connectivity index (χ3v) is 3.27. The summed E-state index contributed by atoms with van der Waals surface area (Å²) in [7, 11) is 1.43. The van der Waals surface area contributed by atoms with Crippen LogP contribution >= 0.6 is 35.0 Å². The molecule has 0 bridgehead atoms. The first-order chi connectivity index (χ1) is 5.65. The van der Waals surface area contributed by atoms with Crippen LogP contribution in [0.15, 0.2) is 4.99 Å². The predicted molar refractivity (Wildman–Crippen MR) is 52.2 cm³/mol. The Kier molecular flexibility index (Phi) is 4.13. The van der Waals surface area contributed by atoms with Gasteiger partial charge in [-0.25, -0.2) is 0 Å². The van der Waals surface area contributed by atoms with Crippen molar-refractivity contribution in [3.05, 3.63) is 0 Å². The van der Waals surface area contributed by atoms with Gasteiger partial charge in [0.05, 0.1) is 0 Å². The highest BCUT2D eigenvalue weighted by molar-refractivity contribution is 8.14. The Morgan fingerprint density at radius 3 is 2.83 bits per heavy atom. The van der Waals surface area contributed by atoms with Gasteiger partial charge in [-0.3, -0.25) is 4.99 Å². The molecule has 70 valence electrons. The first kappa shape index (κ1) is 10.6. The van der Waals surface area contributed by atoms with Crippen molar-refractivity contribution < 1.29 is 9.84 Å². The summed E-state index contributed by atoms with van der Waals surface area (Å²) in [5.41, 5.74) is 0. The molecule has 6 heteroatoms. The van der Waals surface area contributed by atoms with Crippen LogP contribution in [-0.2, 0) is 4.74 Å². The highest BCUT2D eigenvalue weighted by Crippen LogP contribution is 2.26. The minimum absolute atomic E-state index is 0.241. The Morgan fingerprint density at radius 1 is 1.75 bits per heavy atom. The summed E-state index contributed by atoms with van der Waals surface area (Å²) in [5.74, 6) is 0.667. The summed E-state index contributed by atoms with van der Waals surface area (Å²) in [4.78, 5) is 3.51. The van der Waals surface area contributed by atoms with Gasteiger partial charge in [0.15, 0.2) is 11.1 Å². The molecule has 0 fully saturated rings. The summed E-state index contributed by atoms with van der Waals surface area (Å²) in [6.07, 6.45) is -0.859. The van der Waals surface area contributed by atoms with Crippen molar-refractivity contribution >= 4 is 40.0 Å². The maximum atomic E-state index is 9.23. The van der Waals surface area contributed by atoms with E-state index in [1.54, 1.807) is 0 Å². The first-order valence-corrected chi connectivity index (χ1v) is 5.20. The standard InChI is InChI=1S/C6H9Cl2NO2S/c1-11-6(10)3-2-12-5(9-3)4(7)8/h3-4,6,10H,2H2,1H3. The fourth-order valence-corrected chi connectivity index (χ4v) is 2.24. The quantitative estimate of drug-likeness (QED) is 0.586. The Bertz CT molecular complexity index is 188. The van der Waals surface area contributed by atoms with E-state index in [1.165, 1.54) is 18.9 Å². The highest BCUT2D eigenvalue weighted by atomic mass is 35.5. The number of aliphatic hydroxyl groups is 1. The number of aliphatic imine (C=N–C) groups is 1. The van der Waals surface area contributed by atoms with Gasteiger partial charge in [-0.05, 0) is 0 Å². The van der Waals surface area contributed by atoms with Crippen LogP contribution in [0.5, 0.6) is 0 Å². The molecule has 0 radical (unpaired) electrons. The van der Waals surface area contributed by atoms with Gasteiger partial charge in [0.2, 0.25) is 0 Å². The lowest BCUT2D eigenvalue weighted by Gasteiger charge is -2.11. The summed E-state index contributed by atoms with van der Waals surface area (Å²) in [6.45, 7) is 0. The van der Waals surface area contributed by atoms with Crippen LogP contribution in [0.1, 0.15) is 0 Å². The smallest absolute Gasteiger partial charge is 0.177 e. The molecule has 0 aromatic rings. The number of hydrogen-bond donors (Lipinski definition) is 1. The molecule has 1 heterocycles. The topological polar surface area (TPSA) is 41.8 Å². The molecule has 0 saturated heterocycles. The number of ether oxygens (including phenoxy) is 1. The number of alkyl halides is 2. The van der Waals surface area contributed by atoms with Gasteiger partial charge in [0, 0.05) is 12.9 Å². The van der Waals surface area contributed by atoms with E-state index in [0.29, 0.717) is 10.8 Å². The monoisotopic (exact) mass is 229 g/mol. The van der Waals surface area contributed by atoms with Crippen LogP contribution in [-0.4, -0.2) is 40.2 Å². The van der Waals surface area contributed by atoms with Crippen molar-refractivity contribution in [2.24, 2.45) is 4.99 Å². The predicted octanol–water partition coefficient (Wildman–Crippen LogP) is 1.27. The van der Waals surface area contributed by atoms with Crippen molar-refractivity contribution in [1.29, 1.82) is 0 Å². The lowest BCUT2D eigenvalue weighted by molar-refractivity contribution is -0.0837. The lowest BCUT2D eigenvalue weighted by Crippen LogP contribution is -2.26. The van der Waals surface area contributed by atoms with Gasteiger partial charge in [0.1, 0.15) is 11.1 Å². The maximum Gasteiger partial charge on any atom is 0.177 e. The lowest BCUT2D eigenvalue weighted by atomic mass is 10.3. The van der Waals surface area contributed by atoms with Crippen LogP contribution in [0, 0.1) is 0 Å². The summed E-state index contributed by atoms with van der Waals surface area (Å²) >= 11 is 12.6. The van der Waals surface area contributed by atoms with Crippen LogP contribution < -0.4 is 0 Å². The van der Waals surface area contributed by atoms with Crippen molar-refractivity contribution in [2.75, 3.05) is 12.9 Å². The Morgan fingerprint density at radius 2 is 2.42 bits per heavy atom. The van der Waals surface area contributed by atoms with Gasteiger partial charge in [-0.15, -0.1) is 11.8 Å². The highest BCUT2D eigenvalue weighted by Gasteiger charge is 2.27. The van der Waals surface area contributed by atoms with E-state index < -0.39 is 11.1 Å². The van der Waals surface area contributed by atoms with Gasteiger partial charge in [-0.2, -0.15) is 0 Å². The normalized spacial score (nSPS) is 26.1. The second kappa shape index (κ2) is 4.67. The molecular formula is C6H9Cl2NO2S. The van der Waals surface area contributed by atoms with E-state index in [2.05, 4.69) is 4.99 Å². The van der Waals surface area contributed by atoms with Crippen LogP contribution in [0.3, 0.4) is 0 Å². The van der Waals surface area contributed by atoms with E-state index in [1.807, 2.05) is 0 Å². The van der Waals surface area contributed by atoms with Crippen molar-refractivity contribution in [3.8, 4) is 0 Å². The van der Waals surface area contributed by atoms with E-state index >= 15 is 0 Å². The minimum Gasteiger partial charge on any atom is -0.366 e. The van der Waals surface area contributed by atoms with Crippen molar-refractivity contribution in [2.45, 2.75) is 17.2 Å². The van der Waals surface area contributed by atoms with E-state index in [9.17, 15) is 5.11 Å². The third kappa shape index (κ3) is 2.50. The summed E-state index contributed by atoms with van der Waals surface area (Å²) < 4.78 is 4.71. The SMILES string of the molecule is COC(O)C1CSC(C(Cl)Cl)=N1. The Balaban J connectivity index is 2.52. The van der Waals surface area contributed by atoms with E-state index in [4.69, 9.17) is 27.9 Å². The van der Waals surface area contributed by atoms with Crippen molar-refractivity contribution in [1.82, 2.24) is 0 Å². The van der Waals surface area contributed by atoms with Crippen LogP contribution in [0.2, 0.25) is 0 Å². The molecule has 0 aromatic carbocycles. The molecule has 0 amide bonds. The first-order valence-electron chi connectivity index (χ1n) is 3.34. The summed E-state index contributed by atoms with van der Waals surface area (Å²) in [6, 6.07) is -0.241. The third-order valence-electron chi connectivity index (χ3n) is 1.45. The van der Waals surface area contributed by atoms with Gasteiger partial charge < -0.3 is 9.84 Å². The molecule has 2 atom stereocenters. The molecule has 3 nitrogen and oxygen atoms in total. The molecule has 12 heavy (non-hydrogen) atoms. The zero-order valence-corrected chi connectivity index (χ0v) is 8.73. The number of nitrogens with zero attached hydrogens (tertiary/aromatic N) is 1. The van der Waals surface area contributed by atoms with E-state index in [0.717, 1.165) is 0 Å². The second-order valence-corrected chi connectivity index (χ2v) is 4.41. The van der Waals surface area contributed by atoms with E-state index in [-0.39, 0.29) is 6.04 Å². The number of rotatable bonds is 3. The number of hydrogen-bond acceptors (Lipinski definition) is 4. The molecule has 0 saturated carbocycles. The second-order valence-electron chi connectivity index (χ2n) is 2.27. The Labute approximate surface area is 85.1 Å². The molecule has 1 rings (SSSR count). The average molecular weight is 230 g/mol. The van der Waals surface area contributed by atoms with Crippen molar-refractivity contribution in [3.63, 3.8) is 0 Å². The van der Waals surface area contributed by atoms with Gasteiger partial charge >= 0.3 is 0 Å². The zero-order chi connectivity index (χ0) is 9.14. The molecule has 1 aliphatic rings. The molecule has 1 aliphatic heterocycles. The maximum absolute atomic E-state index is 9.23. The van der Waals surface area contributed by atoms with Gasteiger partial charge in [-0.1, -0.05) is 23.2 Å². The average Bonchev–Trinajstić information content (AvgIpc) is 2.51. The fourth-order valence-electron chi connectivity index (χ4n) is 0.831. The number of methoxy groups -OCH3 is 1. The number of halogens is 2. The van der Waals surface area contributed by atoms with Gasteiger partial charge in [0.25, 0.3) is 0 Å². The molecule has 0 spiro atoms. The molecule has 2 unspecified atom stereocenters. The molecular weight excluding hydrogens is 221 g/mol. The van der Waals surface area contributed by atoms with Crippen LogP contribution in [0.25, 0.3) is 0 Å². The fraction of sp³-hybridized carbons (Fsp3) is 0.833. The minimum atomic E-state index is -0.859.